The molecular formula is C13H9ClIN3O2S. The molecule has 0 aliphatic rings. The standard InChI is InChI=1S/C13H9ClIN3O2S/c1-8-11(15)10-12(14)16-7-17-13(10)18(8)21(19,20)9-5-3-2-4-6-9/h2-7H,1H3. The number of fused-ring (bicyclic) bond motifs is 1. The van der Waals surface area contributed by atoms with Gasteiger partial charge in [-0.3, -0.25) is 0 Å². The van der Waals surface area contributed by atoms with Crippen LogP contribution in [-0.4, -0.2) is 22.4 Å². The Hall–Kier alpha value is -1.19. The summed E-state index contributed by atoms with van der Waals surface area (Å²) in [6.45, 7) is 1.72. The summed E-state index contributed by atoms with van der Waals surface area (Å²) in [5.41, 5.74) is 0.859. The highest BCUT2D eigenvalue weighted by atomic mass is 127. The third-order valence-corrected chi connectivity index (χ3v) is 6.50. The zero-order chi connectivity index (χ0) is 15.2. The molecule has 0 aliphatic heterocycles. The Kier molecular flexibility index (Phi) is 3.66. The molecule has 3 rings (SSSR count). The molecule has 1 aromatic carbocycles. The fraction of sp³-hybridized carbons (Fsp3) is 0.0769. The van der Waals surface area contributed by atoms with Crippen LogP contribution in [0.5, 0.6) is 0 Å². The Balaban J connectivity index is 2.42. The molecule has 21 heavy (non-hydrogen) atoms. The van der Waals surface area contributed by atoms with Crippen LogP contribution in [0.4, 0.5) is 0 Å². The van der Waals surface area contributed by atoms with E-state index in [0.717, 1.165) is 3.57 Å². The van der Waals surface area contributed by atoms with Gasteiger partial charge in [0, 0.05) is 9.26 Å². The van der Waals surface area contributed by atoms with E-state index in [4.69, 9.17) is 11.6 Å². The molecule has 0 fully saturated rings. The fourth-order valence-corrected chi connectivity index (χ4v) is 4.93. The molecule has 0 spiro atoms. The van der Waals surface area contributed by atoms with Crippen LogP contribution >= 0.6 is 34.2 Å². The first-order valence-corrected chi connectivity index (χ1v) is 8.82. The lowest BCUT2D eigenvalue weighted by Crippen LogP contribution is -2.15. The molecule has 0 aliphatic carbocycles. The molecular weight excluding hydrogens is 425 g/mol. The van der Waals surface area contributed by atoms with E-state index >= 15 is 0 Å². The van der Waals surface area contributed by atoms with Crippen LogP contribution < -0.4 is 0 Å². The summed E-state index contributed by atoms with van der Waals surface area (Å²) in [6, 6.07) is 8.23. The predicted molar refractivity (Wildman–Crippen MR) is 89.0 cm³/mol. The maximum Gasteiger partial charge on any atom is 0.269 e. The van der Waals surface area contributed by atoms with Gasteiger partial charge in [0.05, 0.1) is 10.3 Å². The third-order valence-electron chi connectivity index (χ3n) is 3.10. The highest BCUT2D eigenvalue weighted by molar-refractivity contribution is 14.1. The van der Waals surface area contributed by atoms with Crippen LogP contribution in [0, 0.1) is 10.5 Å². The minimum atomic E-state index is -3.73. The van der Waals surface area contributed by atoms with E-state index in [0.29, 0.717) is 16.7 Å². The van der Waals surface area contributed by atoms with E-state index in [1.54, 1.807) is 37.3 Å². The van der Waals surface area contributed by atoms with Gasteiger partial charge in [0.15, 0.2) is 5.65 Å². The zero-order valence-electron chi connectivity index (χ0n) is 10.8. The summed E-state index contributed by atoms with van der Waals surface area (Å²) >= 11 is 8.14. The van der Waals surface area contributed by atoms with Gasteiger partial charge in [-0.05, 0) is 41.6 Å². The van der Waals surface area contributed by atoms with E-state index < -0.39 is 10.0 Å². The number of aromatic nitrogens is 3. The van der Waals surface area contributed by atoms with Crippen molar-refractivity contribution < 1.29 is 8.42 Å². The van der Waals surface area contributed by atoms with Gasteiger partial charge in [0.2, 0.25) is 0 Å². The highest BCUT2D eigenvalue weighted by Crippen LogP contribution is 2.32. The van der Waals surface area contributed by atoms with Gasteiger partial charge in [-0.15, -0.1) is 0 Å². The number of benzene rings is 1. The predicted octanol–water partition coefficient (Wildman–Crippen LogP) is 3.23. The maximum atomic E-state index is 12.8. The quantitative estimate of drug-likeness (QED) is 0.460. The Morgan fingerprint density at radius 3 is 2.52 bits per heavy atom. The Morgan fingerprint density at radius 2 is 1.86 bits per heavy atom. The molecule has 2 heterocycles. The lowest BCUT2D eigenvalue weighted by molar-refractivity contribution is 0.587. The summed E-state index contributed by atoms with van der Waals surface area (Å²) in [4.78, 5) is 8.22. The van der Waals surface area contributed by atoms with E-state index in [9.17, 15) is 8.42 Å². The molecule has 108 valence electrons. The summed E-state index contributed by atoms with van der Waals surface area (Å²) in [5, 5.41) is 0.797. The van der Waals surface area contributed by atoms with Crippen LogP contribution in [0.1, 0.15) is 5.69 Å². The van der Waals surface area contributed by atoms with Gasteiger partial charge in [-0.1, -0.05) is 29.8 Å². The second kappa shape index (κ2) is 5.22. The number of halogens is 2. The van der Waals surface area contributed by atoms with Crippen molar-refractivity contribution in [3.8, 4) is 0 Å². The van der Waals surface area contributed by atoms with Crippen molar-refractivity contribution >= 4 is 55.2 Å². The zero-order valence-corrected chi connectivity index (χ0v) is 14.5. The molecule has 0 bridgehead atoms. The monoisotopic (exact) mass is 433 g/mol. The van der Waals surface area contributed by atoms with E-state index in [2.05, 4.69) is 32.6 Å². The first-order chi connectivity index (χ1) is 9.94. The van der Waals surface area contributed by atoms with Crippen molar-refractivity contribution in [1.82, 2.24) is 13.9 Å². The van der Waals surface area contributed by atoms with Crippen molar-refractivity contribution in [2.24, 2.45) is 0 Å². The van der Waals surface area contributed by atoms with Gasteiger partial charge in [0.25, 0.3) is 10.0 Å². The van der Waals surface area contributed by atoms with Crippen molar-refractivity contribution in [3.05, 3.63) is 51.1 Å². The third kappa shape index (κ3) is 2.23. The molecule has 0 unspecified atom stereocenters. The van der Waals surface area contributed by atoms with Crippen LogP contribution in [0.3, 0.4) is 0 Å². The van der Waals surface area contributed by atoms with E-state index in [-0.39, 0.29) is 10.0 Å². The molecule has 0 saturated carbocycles. The molecule has 3 aromatic rings. The maximum absolute atomic E-state index is 12.8. The van der Waals surface area contributed by atoms with Crippen molar-refractivity contribution in [1.29, 1.82) is 0 Å². The summed E-state index contributed by atoms with van der Waals surface area (Å²) in [7, 11) is -3.73. The lowest BCUT2D eigenvalue weighted by Gasteiger charge is -2.09. The first-order valence-electron chi connectivity index (χ1n) is 5.92. The van der Waals surface area contributed by atoms with Gasteiger partial charge < -0.3 is 0 Å². The number of nitrogens with zero attached hydrogens (tertiary/aromatic N) is 3. The molecule has 0 N–H and O–H groups in total. The van der Waals surface area contributed by atoms with Gasteiger partial charge in [-0.2, -0.15) is 0 Å². The Bertz CT molecular complexity index is 939. The minimum Gasteiger partial charge on any atom is -0.224 e. The molecule has 0 saturated heterocycles. The van der Waals surface area contributed by atoms with Crippen LogP contribution in [-0.2, 0) is 10.0 Å². The summed E-state index contributed by atoms with van der Waals surface area (Å²) in [6.07, 6.45) is 1.26. The molecule has 0 atom stereocenters. The van der Waals surface area contributed by atoms with Crippen LogP contribution in [0.25, 0.3) is 11.0 Å². The lowest BCUT2D eigenvalue weighted by atomic mass is 10.4. The van der Waals surface area contributed by atoms with Gasteiger partial charge in [-0.25, -0.2) is 22.4 Å². The highest BCUT2D eigenvalue weighted by Gasteiger charge is 2.26. The second-order valence-electron chi connectivity index (χ2n) is 4.34. The Morgan fingerprint density at radius 1 is 1.19 bits per heavy atom. The van der Waals surface area contributed by atoms with Crippen molar-refractivity contribution in [3.63, 3.8) is 0 Å². The first kappa shape index (κ1) is 14.7. The van der Waals surface area contributed by atoms with Crippen LogP contribution in [0.2, 0.25) is 5.15 Å². The van der Waals surface area contributed by atoms with Crippen molar-refractivity contribution in [2.45, 2.75) is 11.8 Å². The second-order valence-corrected chi connectivity index (χ2v) is 7.57. The molecule has 8 heteroatoms. The SMILES string of the molecule is Cc1c(I)c2c(Cl)ncnc2n1S(=O)(=O)c1ccccc1. The average molecular weight is 434 g/mol. The number of hydrogen-bond acceptors (Lipinski definition) is 4. The largest absolute Gasteiger partial charge is 0.269 e. The Labute approximate surface area is 140 Å². The molecule has 5 nitrogen and oxygen atoms in total. The molecule has 0 amide bonds. The van der Waals surface area contributed by atoms with Crippen molar-refractivity contribution in [2.75, 3.05) is 0 Å². The summed E-state index contributed by atoms with van der Waals surface area (Å²) in [5.74, 6) is 0. The topological polar surface area (TPSA) is 64.8 Å². The van der Waals surface area contributed by atoms with Crippen LogP contribution in [0.15, 0.2) is 41.6 Å². The fourth-order valence-electron chi connectivity index (χ4n) is 2.12. The van der Waals surface area contributed by atoms with Gasteiger partial charge >= 0.3 is 0 Å². The number of rotatable bonds is 2. The smallest absolute Gasteiger partial charge is 0.224 e. The van der Waals surface area contributed by atoms with E-state index in [1.165, 1.54) is 10.3 Å². The summed E-state index contributed by atoms with van der Waals surface area (Å²) < 4.78 is 27.6. The normalized spacial score (nSPS) is 12.0. The molecule has 2 aromatic heterocycles. The molecule has 0 radical (unpaired) electrons. The average Bonchev–Trinajstić information content (AvgIpc) is 2.73. The minimum absolute atomic E-state index is 0.205. The van der Waals surface area contributed by atoms with Gasteiger partial charge in [0.1, 0.15) is 11.5 Å². The number of hydrogen-bond donors (Lipinski definition) is 0. The van der Waals surface area contributed by atoms with E-state index in [1.807, 2.05) is 0 Å².